The molecule has 0 saturated heterocycles. The smallest absolute Gasteiger partial charge is 0.338 e. The quantitative estimate of drug-likeness (QED) is 0.517. The van der Waals surface area contributed by atoms with Gasteiger partial charge in [0.15, 0.2) is 6.61 Å². The molecule has 31 heavy (non-hydrogen) atoms. The summed E-state index contributed by atoms with van der Waals surface area (Å²) in [5.41, 5.74) is 1.04. The first-order chi connectivity index (χ1) is 15.0. The van der Waals surface area contributed by atoms with Gasteiger partial charge in [-0.25, -0.2) is 4.79 Å². The number of esters is 1. The first kappa shape index (κ1) is 21.8. The van der Waals surface area contributed by atoms with Crippen molar-refractivity contribution in [2.24, 2.45) is 0 Å². The van der Waals surface area contributed by atoms with Crippen LogP contribution < -0.4 is 20.1 Å². The third-order valence-electron chi connectivity index (χ3n) is 4.12. The van der Waals surface area contributed by atoms with E-state index in [-0.39, 0.29) is 11.5 Å². The molecule has 0 bridgehead atoms. The van der Waals surface area contributed by atoms with Gasteiger partial charge in [0, 0.05) is 11.8 Å². The Morgan fingerprint density at radius 3 is 2.48 bits per heavy atom. The molecule has 9 heteroatoms. The van der Waals surface area contributed by atoms with Crippen molar-refractivity contribution in [3.05, 3.63) is 70.4 Å². The average Bonchev–Trinajstić information content (AvgIpc) is 3.33. The number of rotatable bonds is 8. The number of hydrogen-bond donors (Lipinski definition) is 2. The highest BCUT2D eigenvalue weighted by Crippen LogP contribution is 2.28. The molecule has 0 atom stereocenters. The van der Waals surface area contributed by atoms with E-state index < -0.39 is 18.5 Å². The number of methoxy groups -OCH3 is 2. The molecule has 8 nitrogen and oxygen atoms in total. The number of benzene rings is 2. The number of amides is 2. The van der Waals surface area contributed by atoms with Gasteiger partial charge >= 0.3 is 5.97 Å². The number of carbonyl (C=O) groups excluding carboxylic acids is 3. The molecule has 3 aromatic rings. The van der Waals surface area contributed by atoms with Crippen molar-refractivity contribution < 1.29 is 28.6 Å². The molecule has 160 valence electrons. The fourth-order valence-corrected chi connectivity index (χ4v) is 3.26. The molecule has 0 saturated carbocycles. The van der Waals surface area contributed by atoms with Gasteiger partial charge in [-0.3, -0.25) is 9.59 Å². The lowest BCUT2D eigenvalue weighted by atomic mass is 10.2. The summed E-state index contributed by atoms with van der Waals surface area (Å²) in [7, 11) is 2.98. The minimum Gasteiger partial charge on any atom is -0.497 e. The van der Waals surface area contributed by atoms with Crippen molar-refractivity contribution in [1.82, 2.24) is 0 Å². The Kier molecular flexibility index (Phi) is 7.23. The van der Waals surface area contributed by atoms with Crippen LogP contribution in [0.4, 0.5) is 11.4 Å². The first-order valence-electron chi connectivity index (χ1n) is 9.14. The molecule has 0 aliphatic rings. The summed E-state index contributed by atoms with van der Waals surface area (Å²) in [5, 5.41) is 7.14. The molecule has 2 amide bonds. The van der Waals surface area contributed by atoms with Gasteiger partial charge in [0.1, 0.15) is 11.5 Å². The lowest BCUT2D eigenvalue weighted by Gasteiger charge is -2.12. The number of anilines is 2. The van der Waals surface area contributed by atoms with Crippen LogP contribution in [0.15, 0.2) is 60.0 Å². The van der Waals surface area contributed by atoms with Gasteiger partial charge in [-0.1, -0.05) is 12.1 Å². The summed E-state index contributed by atoms with van der Waals surface area (Å²) in [6.45, 7) is -0.495. The van der Waals surface area contributed by atoms with Crippen LogP contribution >= 0.6 is 11.3 Å². The zero-order chi connectivity index (χ0) is 22.2. The maximum absolute atomic E-state index is 12.3. The Morgan fingerprint density at radius 1 is 0.935 bits per heavy atom. The summed E-state index contributed by atoms with van der Waals surface area (Å²) in [5.74, 6) is -0.529. The largest absolute Gasteiger partial charge is 0.497 e. The summed E-state index contributed by atoms with van der Waals surface area (Å²) >= 11 is 1.31. The topological polar surface area (TPSA) is 103 Å². The van der Waals surface area contributed by atoms with Gasteiger partial charge in [0.25, 0.3) is 11.8 Å². The SMILES string of the molecule is COc1ccc(OC)c(NC(=O)COC(=O)c2cccc(NC(=O)c3cccs3)c2)c1. The van der Waals surface area contributed by atoms with Crippen LogP contribution in [0.25, 0.3) is 0 Å². The van der Waals surface area contributed by atoms with Crippen LogP contribution in [0, 0.1) is 0 Å². The monoisotopic (exact) mass is 440 g/mol. The second-order valence-electron chi connectivity index (χ2n) is 6.20. The molecular weight excluding hydrogens is 420 g/mol. The first-order valence-corrected chi connectivity index (χ1v) is 10.0. The van der Waals surface area contributed by atoms with Crippen LogP contribution in [0.1, 0.15) is 20.0 Å². The maximum atomic E-state index is 12.3. The normalized spacial score (nSPS) is 10.1. The highest BCUT2D eigenvalue weighted by molar-refractivity contribution is 7.12. The van der Waals surface area contributed by atoms with Crippen LogP contribution in [-0.4, -0.2) is 38.6 Å². The summed E-state index contributed by atoms with van der Waals surface area (Å²) in [6, 6.07) is 14.7. The van der Waals surface area contributed by atoms with Crippen molar-refractivity contribution in [3.8, 4) is 11.5 Å². The van der Waals surface area contributed by atoms with Crippen molar-refractivity contribution in [3.63, 3.8) is 0 Å². The Labute approximate surface area is 182 Å². The average molecular weight is 440 g/mol. The molecule has 0 unspecified atom stereocenters. The van der Waals surface area contributed by atoms with Crippen LogP contribution in [-0.2, 0) is 9.53 Å². The Hall–Kier alpha value is -3.85. The number of carbonyl (C=O) groups is 3. The van der Waals surface area contributed by atoms with Gasteiger partial charge in [0.05, 0.1) is 30.3 Å². The van der Waals surface area contributed by atoms with E-state index in [1.54, 1.807) is 47.8 Å². The highest BCUT2D eigenvalue weighted by atomic mass is 32.1. The molecule has 2 N–H and O–H groups in total. The maximum Gasteiger partial charge on any atom is 0.338 e. The molecule has 2 aromatic carbocycles. The number of ether oxygens (including phenoxy) is 3. The number of hydrogen-bond acceptors (Lipinski definition) is 7. The summed E-state index contributed by atoms with van der Waals surface area (Å²) < 4.78 is 15.4. The van der Waals surface area contributed by atoms with Gasteiger partial charge in [0.2, 0.25) is 0 Å². The zero-order valence-electron chi connectivity index (χ0n) is 16.8. The predicted molar refractivity (Wildman–Crippen MR) is 117 cm³/mol. The minimum atomic E-state index is -0.694. The summed E-state index contributed by atoms with van der Waals surface area (Å²) in [6.07, 6.45) is 0. The fraction of sp³-hybridized carbons (Fsp3) is 0.136. The van der Waals surface area contributed by atoms with E-state index in [0.29, 0.717) is 27.8 Å². The molecule has 3 rings (SSSR count). The van der Waals surface area contributed by atoms with E-state index in [1.807, 2.05) is 0 Å². The Morgan fingerprint density at radius 2 is 1.77 bits per heavy atom. The van der Waals surface area contributed by atoms with E-state index in [0.717, 1.165) is 0 Å². The number of thiophene rings is 1. The van der Waals surface area contributed by atoms with Crippen molar-refractivity contribution >= 4 is 40.5 Å². The Balaban J connectivity index is 1.58. The number of nitrogens with one attached hydrogen (secondary N) is 2. The van der Waals surface area contributed by atoms with Crippen molar-refractivity contribution in [2.45, 2.75) is 0 Å². The molecule has 1 heterocycles. The van der Waals surface area contributed by atoms with Crippen molar-refractivity contribution in [2.75, 3.05) is 31.5 Å². The lowest BCUT2D eigenvalue weighted by molar-refractivity contribution is -0.119. The fourth-order valence-electron chi connectivity index (χ4n) is 2.64. The van der Waals surface area contributed by atoms with E-state index in [2.05, 4.69) is 10.6 Å². The Bertz CT molecular complexity index is 1080. The second kappa shape index (κ2) is 10.3. The molecule has 0 aliphatic carbocycles. The summed E-state index contributed by atoms with van der Waals surface area (Å²) in [4.78, 5) is 37.3. The van der Waals surface area contributed by atoms with Gasteiger partial charge in [-0.2, -0.15) is 0 Å². The molecule has 0 aliphatic heterocycles. The standard InChI is InChI=1S/C22H20N2O6S/c1-28-16-8-9-18(29-2)17(12-16)24-20(25)13-30-22(27)14-5-3-6-15(11-14)23-21(26)19-7-4-10-31-19/h3-12H,13H2,1-2H3,(H,23,26)(H,24,25). The van der Waals surface area contributed by atoms with E-state index in [9.17, 15) is 14.4 Å². The molecule has 0 radical (unpaired) electrons. The van der Waals surface area contributed by atoms with Gasteiger partial charge < -0.3 is 24.8 Å². The van der Waals surface area contributed by atoms with E-state index in [4.69, 9.17) is 14.2 Å². The van der Waals surface area contributed by atoms with E-state index >= 15 is 0 Å². The van der Waals surface area contributed by atoms with Gasteiger partial charge in [-0.05, 0) is 41.8 Å². The van der Waals surface area contributed by atoms with Gasteiger partial charge in [-0.15, -0.1) is 11.3 Å². The third-order valence-corrected chi connectivity index (χ3v) is 4.98. The molecule has 0 spiro atoms. The minimum absolute atomic E-state index is 0.204. The van der Waals surface area contributed by atoms with E-state index in [1.165, 1.54) is 37.7 Å². The predicted octanol–water partition coefficient (Wildman–Crippen LogP) is 3.81. The van der Waals surface area contributed by atoms with Crippen LogP contribution in [0.5, 0.6) is 11.5 Å². The molecule has 0 fully saturated rings. The third kappa shape index (κ3) is 5.83. The second-order valence-corrected chi connectivity index (χ2v) is 7.15. The zero-order valence-corrected chi connectivity index (χ0v) is 17.7. The van der Waals surface area contributed by atoms with Crippen molar-refractivity contribution in [1.29, 1.82) is 0 Å². The van der Waals surface area contributed by atoms with Crippen LogP contribution in [0.2, 0.25) is 0 Å². The van der Waals surface area contributed by atoms with Crippen LogP contribution in [0.3, 0.4) is 0 Å². The lowest BCUT2D eigenvalue weighted by Crippen LogP contribution is -2.21. The highest BCUT2D eigenvalue weighted by Gasteiger charge is 2.14. The molecular formula is C22H20N2O6S. The molecule has 1 aromatic heterocycles.